The molecule has 5 heteroatoms. The van der Waals surface area contributed by atoms with Gasteiger partial charge in [-0.25, -0.2) is 0 Å². The first-order chi connectivity index (χ1) is 10.0. The average molecular weight is 326 g/mol. The van der Waals surface area contributed by atoms with Gasteiger partial charge < -0.3 is 14.1 Å². The Kier molecular flexibility index (Phi) is 4.16. The van der Waals surface area contributed by atoms with Crippen LogP contribution in [0.15, 0.2) is 28.7 Å². The third kappa shape index (κ3) is 3.20. The number of aryl methyl sites for hydroxylation is 1. The lowest BCUT2D eigenvalue weighted by Gasteiger charge is -2.22. The van der Waals surface area contributed by atoms with Gasteiger partial charge in [0.2, 0.25) is 0 Å². The summed E-state index contributed by atoms with van der Waals surface area (Å²) < 4.78 is 11.9. The Hall–Kier alpha value is -1.16. The van der Waals surface area contributed by atoms with E-state index < -0.39 is 0 Å². The Labute approximate surface area is 134 Å². The van der Waals surface area contributed by atoms with E-state index in [2.05, 4.69) is 18.0 Å². The number of rotatable bonds is 2. The maximum absolute atomic E-state index is 6.14. The first-order valence-electron chi connectivity index (χ1n) is 6.92. The summed E-state index contributed by atoms with van der Waals surface area (Å²) in [5.41, 5.74) is 1.13. The highest BCUT2D eigenvalue weighted by Crippen LogP contribution is 2.33. The number of halogens is 2. The molecule has 3 rings (SSSR count). The summed E-state index contributed by atoms with van der Waals surface area (Å²) in [4.78, 5) is 2.24. The Morgan fingerprint density at radius 1 is 1.24 bits per heavy atom. The third-order valence-electron chi connectivity index (χ3n) is 3.68. The van der Waals surface area contributed by atoms with Crippen LogP contribution < -0.4 is 4.74 Å². The van der Waals surface area contributed by atoms with E-state index >= 15 is 0 Å². The first kappa shape index (κ1) is 14.8. The standard InChI is InChI=1S/C16H17Cl2NO2/c1-10-7-12-15(20-10)5-6-19(2)9-16(12)21-11-3-4-13(17)14(18)8-11/h3-4,7-8,16H,5-6,9H2,1-2H3. The van der Waals surface area contributed by atoms with Gasteiger partial charge in [0, 0.05) is 31.1 Å². The molecule has 0 fully saturated rings. The van der Waals surface area contributed by atoms with Gasteiger partial charge in [0.1, 0.15) is 23.4 Å². The zero-order valence-electron chi connectivity index (χ0n) is 12.0. The Morgan fingerprint density at radius 3 is 2.81 bits per heavy atom. The fourth-order valence-corrected chi connectivity index (χ4v) is 2.92. The zero-order chi connectivity index (χ0) is 15.0. The second-order valence-corrected chi connectivity index (χ2v) is 6.24. The van der Waals surface area contributed by atoms with Crippen molar-refractivity contribution in [3.8, 4) is 5.75 Å². The summed E-state index contributed by atoms with van der Waals surface area (Å²) in [6.07, 6.45) is 0.836. The third-order valence-corrected chi connectivity index (χ3v) is 4.42. The molecule has 0 N–H and O–H groups in total. The summed E-state index contributed by atoms with van der Waals surface area (Å²) in [5, 5.41) is 1.03. The molecule has 0 bridgehead atoms. The van der Waals surface area contributed by atoms with E-state index in [-0.39, 0.29) is 6.10 Å². The van der Waals surface area contributed by atoms with Crippen LogP contribution in [0.25, 0.3) is 0 Å². The quantitative estimate of drug-likeness (QED) is 0.812. The summed E-state index contributed by atoms with van der Waals surface area (Å²) in [6.45, 7) is 3.74. The average Bonchev–Trinajstić information content (AvgIpc) is 2.75. The van der Waals surface area contributed by atoms with Crippen LogP contribution in [0.1, 0.15) is 23.2 Å². The van der Waals surface area contributed by atoms with Gasteiger partial charge in [0.05, 0.1) is 10.0 Å². The highest BCUT2D eigenvalue weighted by atomic mass is 35.5. The van der Waals surface area contributed by atoms with Crippen molar-refractivity contribution in [3.63, 3.8) is 0 Å². The number of furan rings is 1. The summed E-state index contributed by atoms with van der Waals surface area (Å²) in [5.74, 6) is 2.66. The normalized spacial score (nSPS) is 19.1. The lowest BCUT2D eigenvalue weighted by atomic mass is 10.1. The van der Waals surface area contributed by atoms with E-state index in [0.29, 0.717) is 10.0 Å². The highest BCUT2D eigenvalue weighted by Gasteiger charge is 2.26. The van der Waals surface area contributed by atoms with Crippen molar-refractivity contribution in [1.82, 2.24) is 4.90 Å². The molecule has 0 saturated heterocycles. The predicted molar refractivity (Wildman–Crippen MR) is 84.5 cm³/mol. The minimum absolute atomic E-state index is 0.0674. The molecule has 0 radical (unpaired) electrons. The molecule has 0 saturated carbocycles. The summed E-state index contributed by atoms with van der Waals surface area (Å²) in [7, 11) is 2.09. The maximum atomic E-state index is 6.14. The van der Waals surface area contributed by atoms with Crippen LogP contribution in [0.2, 0.25) is 10.0 Å². The van der Waals surface area contributed by atoms with Crippen molar-refractivity contribution in [2.75, 3.05) is 20.1 Å². The van der Waals surface area contributed by atoms with Gasteiger partial charge in [-0.05, 0) is 32.2 Å². The van der Waals surface area contributed by atoms with Crippen LogP contribution in [-0.2, 0) is 6.42 Å². The van der Waals surface area contributed by atoms with Crippen LogP contribution in [0.4, 0.5) is 0 Å². The number of nitrogens with zero attached hydrogens (tertiary/aromatic N) is 1. The van der Waals surface area contributed by atoms with E-state index in [4.69, 9.17) is 32.4 Å². The number of likely N-dealkylation sites (N-methyl/N-ethyl adjacent to an activating group) is 1. The molecule has 1 aromatic heterocycles. The van der Waals surface area contributed by atoms with E-state index in [1.807, 2.05) is 13.0 Å². The van der Waals surface area contributed by atoms with Gasteiger partial charge in [-0.2, -0.15) is 0 Å². The minimum Gasteiger partial charge on any atom is -0.484 e. The van der Waals surface area contributed by atoms with Crippen molar-refractivity contribution >= 4 is 23.2 Å². The molecule has 112 valence electrons. The van der Waals surface area contributed by atoms with E-state index in [0.717, 1.165) is 42.3 Å². The molecule has 0 spiro atoms. The highest BCUT2D eigenvalue weighted by molar-refractivity contribution is 6.42. The van der Waals surface area contributed by atoms with Gasteiger partial charge >= 0.3 is 0 Å². The van der Waals surface area contributed by atoms with Crippen LogP contribution in [-0.4, -0.2) is 25.0 Å². The Morgan fingerprint density at radius 2 is 2.05 bits per heavy atom. The van der Waals surface area contributed by atoms with Crippen molar-refractivity contribution in [3.05, 3.63) is 51.4 Å². The largest absolute Gasteiger partial charge is 0.484 e. The topological polar surface area (TPSA) is 25.6 Å². The minimum atomic E-state index is -0.0674. The lowest BCUT2D eigenvalue weighted by Crippen LogP contribution is -2.26. The second kappa shape index (κ2) is 5.91. The Bertz CT molecular complexity index is 654. The van der Waals surface area contributed by atoms with E-state index in [1.54, 1.807) is 12.1 Å². The number of benzene rings is 1. The van der Waals surface area contributed by atoms with Gasteiger partial charge in [-0.1, -0.05) is 23.2 Å². The maximum Gasteiger partial charge on any atom is 0.140 e. The molecule has 1 aliphatic rings. The molecule has 0 aliphatic carbocycles. The molecule has 1 unspecified atom stereocenters. The molecule has 1 aliphatic heterocycles. The first-order valence-corrected chi connectivity index (χ1v) is 7.68. The van der Waals surface area contributed by atoms with Crippen LogP contribution >= 0.6 is 23.2 Å². The van der Waals surface area contributed by atoms with Gasteiger partial charge in [-0.15, -0.1) is 0 Å². The number of hydrogen-bond acceptors (Lipinski definition) is 3. The molecule has 2 aromatic rings. The summed E-state index contributed by atoms with van der Waals surface area (Å²) >= 11 is 12.0. The molecular formula is C16H17Cl2NO2. The van der Waals surface area contributed by atoms with Crippen molar-refractivity contribution in [1.29, 1.82) is 0 Å². The van der Waals surface area contributed by atoms with Crippen molar-refractivity contribution in [2.24, 2.45) is 0 Å². The lowest BCUT2D eigenvalue weighted by molar-refractivity contribution is 0.156. The molecule has 2 heterocycles. The zero-order valence-corrected chi connectivity index (χ0v) is 13.5. The second-order valence-electron chi connectivity index (χ2n) is 5.43. The van der Waals surface area contributed by atoms with Gasteiger partial charge in [-0.3, -0.25) is 0 Å². The predicted octanol–water partition coefficient (Wildman–Crippen LogP) is 4.50. The number of fused-ring (bicyclic) bond motifs is 1. The van der Waals surface area contributed by atoms with Crippen molar-refractivity contribution < 1.29 is 9.15 Å². The molecule has 0 amide bonds. The summed E-state index contributed by atoms with van der Waals surface area (Å²) in [6, 6.07) is 7.41. The van der Waals surface area contributed by atoms with E-state index in [9.17, 15) is 0 Å². The molecule has 1 atom stereocenters. The van der Waals surface area contributed by atoms with Crippen molar-refractivity contribution in [2.45, 2.75) is 19.4 Å². The number of ether oxygens (including phenoxy) is 1. The molecule has 21 heavy (non-hydrogen) atoms. The van der Waals surface area contributed by atoms with Gasteiger partial charge in [0.25, 0.3) is 0 Å². The SMILES string of the molecule is Cc1cc2c(o1)CCN(C)CC2Oc1ccc(Cl)c(Cl)c1. The molecule has 3 nitrogen and oxygen atoms in total. The fraction of sp³-hybridized carbons (Fsp3) is 0.375. The monoisotopic (exact) mass is 325 g/mol. The fourth-order valence-electron chi connectivity index (χ4n) is 2.63. The molecular weight excluding hydrogens is 309 g/mol. The molecule has 1 aromatic carbocycles. The Balaban J connectivity index is 1.90. The van der Waals surface area contributed by atoms with Gasteiger partial charge in [0.15, 0.2) is 0 Å². The van der Waals surface area contributed by atoms with E-state index in [1.165, 1.54) is 0 Å². The smallest absolute Gasteiger partial charge is 0.140 e. The number of hydrogen-bond donors (Lipinski definition) is 0. The van der Waals surface area contributed by atoms with Crippen LogP contribution in [0, 0.1) is 6.92 Å². The van der Waals surface area contributed by atoms with Crippen LogP contribution in [0.5, 0.6) is 5.75 Å². The van der Waals surface area contributed by atoms with Crippen LogP contribution in [0.3, 0.4) is 0 Å².